The van der Waals surface area contributed by atoms with Crippen molar-refractivity contribution in [2.45, 2.75) is 20.3 Å². The average molecular weight is 332 g/mol. The minimum absolute atomic E-state index is 0.0213. The van der Waals surface area contributed by atoms with Gasteiger partial charge in [-0.3, -0.25) is 4.79 Å². The van der Waals surface area contributed by atoms with Gasteiger partial charge in [-0.05, 0) is 50.1 Å². The number of carbonyl (C=O) groups excluding carboxylic acids is 1. The molecule has 0 unspecified atom stereocenters. The van der Waals surface area contributed by atoms with E-state index in [9.17, 15) is 4.79 Å². The Balaban J connectivity index is 1.89. The lowest BCUT2D eigenvalue weighted by molar-refractivity contribution is 0.0772. The summed E-state index contributed by atoms with van der Waals surface area (Å²) in [6.45, 7) is 6.11. The molecule has 0 saturated heterocycles. The standard InChI is InChI=1S/C18H22ClN3O/c1-3-22(4-2)18(23)15-8-9-17(21-13-15)20-11-10-14-6-5-7-16(19)12-14/h5-9,12-13H,3-4,10-11H2,1-2H3,(H,20,21). The van der Waals surface area contributed by atoms with Crippen LogP contribution in [0.4, 0.5) is 5.82 Å². The highest BCUT2D eigenvalue weighted by Crippen LogP contribution is 2.12. The van der Waals surface area contributed by atoms with Gasteiger partial charge in [0.2, 0.25) is 0 Å². The highest BCUT2D eigenvalue weighted by molar-refractivity contribution is 6.30. The Morgan fingerprint density at radius 3 is 2.61 bits per heavy atom. The molecule has 0 radical (unpaired) electrons. The van der Waals surface area contributed by atoms with E-state index in [0.29, 0.717) is 18.7 Å². The number of benzene rings is 1. The maximum Gasteiger partial charge on any atom is 0.255 e. The molecular weight excluding hydrogens is 310 g/mol. The Labute approximate surface area is 142 Å². The van der Waals surface area contributed by atoms with Crippen molar-refractivity contribution in [2.24, 2.45) is 0 Å². The van der Waals surface area contributed by atoms with Crippen LogP contribution in [-0.4, -0.2) is 35.4 Å². The SMILES string of the molecule is CCN(CC)C(=O)c1ccc(NCCc2cccc(Cl)c2)nc1. The zero-order chi connectivity index (χ0) is 16.7. The number of pyridine rings is 1. The van der Waals surface area contributed by atoms with Crippen LogP contribution in [0.3, 0.4) is 0 Å². The number of nitrogens with zero attached hydrogens (tertiary/aromatic N) is 2. The summed E-state index contributed by atoms with van der Waals surface area (Å²) < 4.78 is 0. The van der Waals surface area contributed by atoms with Gasteiger partial charge in [-0.25, -0.2) is 4.98 Å². The smallest absolute Gasteiger partial charge is 0.255 e. The lowest BCUT2D eigenvalue weighted by Gasteiger charge is -2.18. The largest absolute Gasteiger partial charge is 0.370 e. The number of halogens is 1. The van der Waals surface area contributed by atoms with Crippen LogP contribution >= 0.6 is 11.6 Å². The molecule has 122 valence electrons. The van der Waals surface area contributed by atoms with E-state index in [4.69, 9.17) is 11.6 Å². The molecule has 2 aromatic rings. The Hall–Kier alpha value is -2.07. The molecule has 23 heavy (non-hydrogen) atoms. The van der Waals surface area contributed by atoms with Crippen molar-refractivity contribution in [1.82, 2.24) is 9.88 Å². The second-order valence-electron chi connectivity index (χ2n) is 5.22. The highest BCUT2D eigenvalue weighted by Gasteiger charge is 2.12. The van der Waals surface area contributed by atoms with Gasteiger partial charge < -0.3 is 10.2 Å². The van der Waals surface area contributed by atoms with Crippen LogP contribution in [0.2, 0.25) is 5.02 Å². The van der Waals surface area contributed by atoms with Crippen molar-refractivity contribution in [3.05, 3.63) is 58.7 Å². The summed E-state index contributed by atoms with van der Waals surface area (Å²) in [6.07, 6.45) is 2.49. The van der Waals surface area contributed by atoms with E-state index < -0.39 is 0 Å². The molecule has 0 spiro atoms. The van der Waals surface area contributed by atoms with Crippen molar-refractivity contribution in [2.75, 3.05) is 25.0 Å². The topological polar surface area (TPSA) is 45.2 Å². The maximum absolute atomic E-state index is 12.2. The predicted molar refractivity (Wildman–Crippen MR) is 95.1 cm³/mol. The lowest BCUT2D eigenvalue weighted by Crippen LogP contribution is -2.30. The Kier molecular flexibility index (Phi) is 6.41. The number of aromatic nitrogens is 1. The summed E-state index contributed by atoms with van der Waals surface area (Å²) in [5, 5.41) is 4.01. The number of carbonyl (C=O) groups is 1. The molecule has 0 atom stereocenters. The molecule has 0 bridgehead atoms. The van der Waals surface area contributed by atoms with E-state index in [1.807, 2.05) is 50.2 Å². The van der Waals surface area contributed by atoms with Gasteiger partial charge in [-0.2, -0.15) is 0 Å². The Morgan fingerprint density at radius 2 is 2.00 bits per heavy atom. The molecule has 2 rings (SSSR count). The number of hydrogen-bond acceptors (Lipinski definition) is 3. The van der Waals surface area contributed by atoms with Gasteiger partial charge in [-0.15, -0.1) is 0 Å². The normalized spacial score (nSPS) is 10.4. The molecule has 0 fully saturated rings. The number of rotatable bonds is 7. The van der Waals surface area contributed by atoms with Crippen LogP contribution in [0.1, 0.15) is 29.8 Å². The van der Waals surface area contributed by atoms with Crippen LogP contribution in [0.5, 0.6) is 0 Å². The van der Waals surface area contributed by atoms with E-state index in [0.717, 1.165) is 23.8 Å². The monoisotopic (exact) mass is 331 g/mol. The zero-order valence-electron chi connectivity index (χ0n) is 13.6. The van der Waals surface area contributed by atoms with Gasteiger partial charge >= 0.3 is 0 Å². The van der Waals surface area contributed by atoms with Crippen LogP contribution in [0.25, 0.3) is 0 Å². The summed E-state index contributed by atoms with van der Waals surface area (Å²) in [5.41, 5.74) is 1.80. The van der Waals surface area contributed by atoms with Gasteiger partial charge in [0, 0.05) is 30.9 Å². The molecule has 1 aromatic heterocycles. The second-order valence-corrected chi connectivity index (χ2v) is 5.65. The lowest BCUT2D eigenvalue weighted by atomic mass is 10.1. The third-order valence-corrected chi connectivity index (χ3v) is 3.91. The summed E-state index contributed by atoms with van der Waals surface area (Å²) in [6, 6.07) is 11.5. The fraction of sp³-hybridized carbons (Fsp3) is 0.333. The fourth-order valence-electron chi connectivity index (χ4n) is 2.35. The number of hydrogen-bond donors (Lipinski definition) is 1. The molecule has 1 N–H and O–H groups in total. The highest BCUT2D eigenvalue weighted by atomic mass is 35.5. The Bertz CT molecular complexity index is 639. The van der Waals surface area contributed by atoms with Gasteiger partial charge in [0.25, 0.3) is 5.91 Å². The quantitative estimate of drug-likeness (QED) is 0.837. The van der Waals surface area contributed by atoms with E-state index in [-0.39, 0.29) is 5.91 Å². The van der Waals surface area contributed by atoms with E-state index in [1.54, 1.807) is 11.1 Å². The molecular formula is C18H22ClN3O. The molecule has 0 aliphatic carbocycles. The first-order chi connectivity index (χ1) is 11.1. The number of nitrogens with one attached hydrogen (secondary N) is 1. The summed E-state index contributed by atoms with van der Waals surface area (Å²) >= 11 is 5.97. The molecule has 4 nitrogen and oxygen atoms in total. The third-order valence-electron chi connectivity index (χ3n) is 3.67. The van der Waals surface area contributed by atoms with E-state index >= 15 is 0 Å². The average Bonchev–Trinajstić information content (AvgIpc) is 2.56. The molecule has 1 amide bonds. The van der Waals surface area contributed by atoms with Gasteiger partial charge in [0.1, 0.15) is 5.82 Å². The first kappa shape index (κ1) is 17.3. The first-order valence-electron chi connectivity index (χ1n) is 7.87. The molecule has 0 aliphatic rings. The first-order valence-corrected chi connectivity index (χ1v) is 8.25. The van der Waals surface area contributed by atoms with Crippen molar-refractivity contribution in [1.29, 1.82) is 0 Å². The van der Waals surface area contributed by atoms with E-state index in [1.165, 1.54) is 5.56 Å². The van der Waals surface area contributed by atoms with Gasteiger partial charge in [0.15, 0.2) is 0 Å². The fourth-order valence-corrected chi connectivity index (χ4v) is 2.56. The summed E-state index contributed by atoms with van der Waals surface area (Å²) in [7, 11) is 0. The Morgan fingerprint density at radius 1 is 1.22 bits per heavy atom. The van der Waals surface area contributed by atoms with Gasteiger partial charge in [0.05, 0.1) is 5.56 Å². The van der Waals surface area contributed by atoms with Crippen molar-refractivity contribution in [3.8, 4) is 0 Å². The molecule has 1 aromatic carbocycles. The number of anilines is 1. The summed E-state index contributed by atoms with van der Waals surface area (Å²) in [4.78, 5) is 18.3. The minimum Gasteiger partial charge on any atom is -0.370 e. The van der Waals surface area contributed by atoms with Crippen molar-refractivity contribution >= 4 is 23.3 Å². The zero-order valence-corrected chi connectivity index (χ0v) is 14.3. The summed E-state index contributed by atoms with van der Waals surface area (Å²) in [5.74, 6) is 0.788. The molecule has 1 heterocycles. The minimum atomic E-state index is 0.0213. The van der Waals surface area contributed by atoms with Crippen LogP contribution in [-0.2, 0) is 6.42 Å². The van der Waals surface area contributed by atoms with Crippen LogP contribution < -0.4 is 5.32 Å². The van der Waals surface area contributed by atoms with Crippen molar-refractivity contribution in [3.63, 3.8) is 0 Å². The molecule has 0 saturated carbocycles. The van der Waals surface area contributed by atoms with E-state index in [2.05, 4.69) is 10.3 Å². The van der Waals surface area contributed by atoms with Crippen molar-refractivity contribution < 1.29 is 4.79 Å². The predicted octanol–water partition coefficient (Wildman–Crippen LogP) is 3.87. The second kappa shape index (κ2) is 8.53. The molecule has 5 heteroatoms. The maximum atomic E-state index is 12.2. The number of amides is 1. The van der Waals surface area contributed by atoms with Crippen LogP contribution in [0.15, 0.2) is 42.6 Å². The van der Waals surface area contributed by atoms with Gasteiger partial charge in [-0.1, -0.05) is 23.7 Å². The molecule has 0 aliphatic heterocycles. The van der Waals surface area contributed by atoms with Crippen LogP contribution in [0, 0.1) is 0 Å². The third kappa shape index (κ3) is 4.96.